The fourth-order valence-electron chi connectivity index (χ4n) is 4.63. The largest absolute Gasteiger partial charge is 0.493 e. The first-order valence-electron chi connectivity index (χ1n) is 11.4. The molecule has 0 atom stereocenters. The number of piperidine rings is 1. The van der Waals surface area contributed by atoms with Crippen molar-refractivity contribution in [3.8, 4) is 5.75 Å². The molecule has 33 heavy (non-hydrogen) atoms. The second-order valence-electron chi connectivity index (χ2n) is 9.59. The van der Waals surface area contributed by atoms with Gasteiger partial charge in [0.1, 0.15) is 11.6 Å². The van der Waals surface area contributed by atoms with Crippen molar-refractivity contribution in [2.45, 2.75) is 51.0 Å². The molecule has 0 spiro atoms. The minimum atomic E-state index is -0.656. The molecule has 2 fully saturated rings. The Hall–Kier alpha value is -1.82. The number of likely N-dealkylation sites (tertiary alicyclic amines) is 1. The maximum Gasteiger partial charge on any atom is 0.340 e. The Balaban J connectivity index is 1.39. The zero-order valence-electron chi connectivity index (χ0n) is 19.3. The molecule has 4 rings (SSSR count). The van der Waals surface area contributed by atoms with Crippen LogP contribution in [0.15, 0.2) is 30.3 Å². The molecule has 0 radical (unpaired) electrons. The molecular formula is C26H30Cl2FNO3. The summed E-state index contributed by atoms with van der Waals surface area (Å²) in [6.07, 6.45) is 4.03. The summed E-state index contributed by atoms with van der Waals surface area (Å²) in [6.45, 7) is 6.78. The number of benzene rings is 2. The summed E-state index contributed by atoms with van der Waals surface area (Å²) in [5.41, 5.74) is 1.80. The van der Waals surface area contributed by atoms with E-state index in [2.05, 4.69) is 18.7 Å². The third-order valence-corrected chi connectivity index (χ3v) is 7.41. The minimum absolute atomic E-state index is 0.0246. The fraction of sp³-hybridized carbons (Fsp3) is 0.500. The SMILES string of the molecule is COC(=O)c1cc(C2CC2)c(OCC2CCN(C(C)(C)c3cc(Cl)cc(Cl)c3)CC2)cc1F. The molecule has 0 bridgehead atoms. The summed E-state index contributed by atoms with van der Waals surface area (Å²) in [6, 6.07) is 8.67. The Morgan fingerprint density at radius 1 is 1.06 bits per heavy atom. The Labute approximate surface area is 205 Å². The van der Waals surface area contributed by atoms with Crippen LogP contribution in [0.1, 0.15) is 66.9 Å². The second-order valence-corrected chi connectivity index (χ2v) is 10.5. The third kappa shape index (κ3) is 5.47. The van der Waals surface area contributed by atoms with Crippen molar-refractivity contribution in [3.05, 3.63) is 62.9 Å². The maximum atomic E-state index is 14.5. The highest BCUT2D eigenvalue weighted by Crippen LogP contribution is 2.45. The van der Waals surface area contributed by atoms with Gasteiger partial charge in [-0.15, -0.1) is 0 Å². The number of esters is 1. The normalized spacial score (nSPS) is 17.8. The monoisotopic (exact) mass is 493 g/mol. The van der Waals surface area contributed by atoms with Crippen molar-refractivity contribution in [2.75, 3.05) is 26.8 Å². The summed E-state index contributed by atoms with van der Waals surface area (Å²) in [5.74, 6) is 0.0143. The number of nitrogens with zero attached hydrogens (tertiary/aromatic N) is 1. The lowest BCUT2D eigenvalue weighted by Gasteiger charge is -2.43. The summed E-state index contributed by atoms with van der Waals surface area (Å²) < 4.78 is 25.3. The number of carbonyl (C=O) groups is 1. The van der Waals surface area contributed by atoms with E-state index in [1.807, 2.05) is 12.1 Å². The highest BCUT2D eigenvalue weighted by Gasteiger charge is 2.34. The molecule has 1 heterocycles. The van der Waals surface area contributed by atoms with Gasteiger partial charge in [0.15, 0.2) is 0 Å². The van der Waals surface area contributed by atoms with Gasteiger partial charge in [-0.3, -0.25) is 4.90 Å². The molecule has 0 unspecified atom stereocenters. The van der Waals surface area contributed by atoms with Crippen LogP contribution in [0.2, 0.25) is 10.0 Å². The van der Waals surface area contributed by atoms with Crippen LogP contribution in [-0.2, 0) is 10.3 Å². The Bertz CT molecular complexity index is 1010. The van der Waals surface area contributed by atoms with Crippen LogP contribution in [-0.4, -0.2) is 37.7 Å². The average Bonchev–Trinajstić information content (AvgIpc) is 3.62. The van der Waals surface area contributed by atoms with Crippen LogP contribution < -0.4 is 4.74 Å². The first-order chi connectivity index (χ1) is 15.7. The number of carbonyl (C=O) groups excluding carboxylic acids is 1. The van der Waals surface area contributed by atoms with E-state index in [0.717, 1.165) is 49.9 Å². The highest BCUT2D eigenvalue weighted by molar-refractivity contribution is 6.34. The molecule has 1 saturated heterocycles. The number of rotatable bonds is 7. The van der Waals surface area contributed by atoms with E-state index in [4.69, 9.17) is 32.7 Å². The molecule has 2 aromatic rings. The smallest absolute Gasteiger partial charge is 0.340 e. The Morgan fingerprint density at radius 3 is 2.27 bits per heavy atom. The predicted octanol–water partition coefficient (Wildman–Crippen LogP) is 6.82. The van der Waals surface area contributed by atoms with E-state index in [1.165, 1.54) is 13.2 Å². The van der Waals surface area contributed by atoms with Crippen molar-refractivity contribution < 1.29 is 18.7 Å². The van der Waals surface area contributed by atoms with E-state index in [0.29, 0.717) is 34.2 Å². The van der Waals surface area contributed by atoms with Gasteiger partial charge in [0.2, 0.25) is 0 Å². The molecule has 1 saturated carbocycles. The van der Waals surface area contributed by atoms with Crippen LogP contribution in [0, 0.1) is 11.7 Å². The molecule has 4 nitrogen and oxygen atoms in total. The van der Waals surface area contributed by atoms with Gasteiger partial charge in [-0.2, -0.15) is 0 Å². The quantitative estimate of drug-likeness (QED) is 0.396. The molecule has 0 N–H and O–H groups in total. The fourth-order valence-corrected chi connectivity index (χ4v) is 5.16. The predicted molar refractivity (Wildman–Crippen MR) is 129 cm³/mol. The van der Waals surface area contributed by atoms with Crippen molar-refractivity contribution in [1.29, 1.82) is 0 Å². The van der Waals surface area contributed by atoms with Crippen molar-refractivity contribution in [2.24, 2.45) is 5.92 Å². The number of hydrogen-bond acceptors (Lipinski definition) is 4. The minimum Gasteiger partial charge on any atom is -0.493 e. The molecule has 2 aliphatic rings. The molecule has 2 aromatic carbocycles. The summed E-state index contributed by atoms with van der Waals surface area (Å²) >= 11 is 12.5. The van der Waals surface area contributed by atoms with E-state index >= 15 is 0 Å². The highest BCUT2D eigenvalue weighted by atomic mass is 35.5. The van der Waals surface area contributed by atoms with Gasteiger partial charge in [-0.05, 0) is 99.8 Å². The summed E-state index contributed by atoms with van der Waals surface area (Å²) in [4.78, 5) is 14.3. The molecular weight excluding hydrogens is 464 g/mol. The molecule has 1 aliphatic carbocycles. The number of ether oxygens (including phenoxy) is 2. The van der Waals surface area contributed by atoms with Gasteiger partial charge < -0.3 is 9.47 Å². The van der Waals surface area contributed by atoms with Crippen molar-refractivity contribution in [3.63, 3.8) is 0 Å². The van der Waals surface area contributed by atoms with Gasteiger partial charge in [0.05, 0.1) is 19.3 Å². The molecule has 1 aliphatic heterocycles. The van der Waals surface area contributed by atoms with Gasteiger partial charge >= 0.3 is 5.97 Å². The van der Waals surface area contributed by atoms with E-state index in [-0.39, 0.29) is 11.1 Å². The molecule has 7 heteroatoms. The lowest BCUT2D eigenvalue weighted by atomic mass is 9.88. The van der Waals surface area contributed by atoms with Crippen LogP contribution >= 0.6 is 23.2 Å². The molecule has 0 amide bonds. The molecule has 178 valence electrons. The summed E-state index contributed by atoms with van der Waals surface area (Å²) in [7, 11) is 1.26. The van der Waals surface area contributed by atoms with Crippen molar-refractivity contribution in [1.82, 2.24) is 4.90 Å². The lowest BCUT2D eigenvalue weighted by molar-refractivity contribution is 0.0587. The second kappa shape index (κ2) is 9.81. The summed E-state index contributed by atoms with van der Waals surface area (Å²) in [5, 5.41) is 1.29. The number of hydrogen-bond donors (Lipinski definition) is 0. The van der Waals surface area contributed by atoms with Crippen LogP contribution in [0.4, 0.5) is 4.39 Å². The lowest BCUT2D eigenvalue weighted by Crippen LogP contribution is -2.46. The van der Waals surface area contributed by atoms with Crippen LogP contribution in [0.3, 0.4) is 0 Å². The first kappa shape index (κ1) is 24.3. The topological polar surface area (TPSA) is 38.8 Å². The van der Waals surface area contributed by atoms with Gasteiger partial charge in [0, 0.05) is 21.7 Å². The van der Waals surface area contributed by atoms with Gasteiger partial charge in [0.25, 0.3) is 0 Å². The number of halogens is 3. The van der Waals surface area contributed by atoms with E-state index in [9.17, 15) is 9.18 Å². The zero-order chi connectivity index (χ0) is 23.8. The Morgan fingerprint density at radius 2 is 1.70 bits per heavy atom. The first-order valence-corrected chi connectivity index (χ1v) is 12.2. The maximum absolute atomic E-state index is 14.5. The molecule has 0 aromatic heterocycles. The van der Waals surface area contributed by atoms with Crippen molar-refractivity contribution >= 4 is 29.2 Å². The van der Waals surface area contributed by atoms with E-state index < -0.39 is 11.8 Å². The average molecular weight is 494 g/mol. The van der Waals surface area contributed by atoms with Crippen LogP contribution in [0.25, 0.3) is 0 Å². The third-order valence-electron chi connectivity index (χ3n) is 6.97. The van der Waals surface area contributed by atoms with Gasteiger partial charge in [-0.1, -0.05) is 23.2 Å². The van der Waals surface area contributed by atoms with Gasteiger partial charge in [-0.25, -0.2) is 9.18 Å². The standard InChI is InChI=1S/C26H30Cl2FNO3/c1-26(2,18-10-19(27)12-20(28)11-18)30-8-6-16(7-9-30)15-33-24-14-23(29)22(25(31)32-3)13-21(24)17-4-5-17/h10-14,16-17H,4-9,15H2,1-3H3. The number of methoxy groups -OCH3 is 1. The zero-order valence-corrected chi connectivity index (χ0v) is 20.8. The van der Waals surface area contributed by atoms with Crippen LogP contribution in [0.5, 0.6) is 5.75 Å². The Kier molecular flexibility index (Phi) is 7.23. The van der Waals surface area contributed by atoms with E-state index in [1.54, 1.807) is 12.1 Å².